The van der Waals surface area contributed by atoms with Crippen molar-refractivity contribution in [1.29, 1.82) is 0 Å². The summed E-state index contributed by atoms with van der Waals surface area (Å²) in [6, 6.07) is 6.19. The first kappa shape index (κ1) is 12.9. The van der Waals surface area contributed by atoms with Crippen LogP contribution in [0.2, 0.25) is 0 Å². The maximum atomic E-state index is 11.8. The molecule has 18 heavy (non-hydrogen) atoms. The molecule has 1 amide bonds. The zero-order valence-corrected chi connectivity index (χ0v) is 11.9. The number of benzene rings is 1. The lowest BCUT2D eigenvalue weighted by atomic mass is 9.93. The van der Waals surface area contributed by atoms with Gasteiger partial charge in [-0.15, -0.1) is 0 Å². The van der Waals surface area contributed by atoms with Crippen molar-refractivity contribution in [1.82, 2.24) is 0 Å². The van der Waals surface area contributed by atoms with Gasteiger partial charge < -0.3 is 10.2 Å². The maximum Gasteiger partial charge on any atom is 0.224 e. The summed E-state index contributed by atoms with van der Waals surface area (Å²) >= 11 is 0. The summed E-state index contributed by atoms with van der Waals surface area (Å²) < 4.78 is 0. The number of fused-ring (bicyclic) bond motifs is 1. The molecule has 1 aromatic rings. The topological polar surface area (TPSA) is 32.3 Å². The number of rotatable bonds is 1. The summed E-state index contributed by atoms with van der Waals surface area (Å²) in [4.78, 5) is 13.7. The predicted octanol–water partition coefficient (Wildman–Crippen LogP) is 3.37. The second kappa shape index (κ2) is 4.30. The third-order valence-electron chi connectivity index (χ3n) is 3.38. The number of carbonyl (C=O) groups is 1. The second-order valence-electron chi connectivity index (χ2n) is 6.01. The van der Waals surface area contributed by atoms with Gasteiger partial charge in [0.25, 0.3) is 0 Å². The molecular formula is C15H22N2O. The molecule has 1 aliphatic rings. The van der Waals surface area contributed by atoms with Crippen molar-refractivity contribution in [2.45, 2.75) is 46.1 Å². The van der Waals surface area contributed by atoms with Crippen molar-refractivity contribution >= 4 is 17.3 Å². The Balaban J connectivity index is 2.58. The Morgan fingerprint density at radius 1 is 1.39 bits per heavy atom. The SMILES string of the molecule is CC(=O)N1CC(C)(C)Nc2c(C(C)C)cccc21. The molecule has 3 heteroatoms. The van der Waals surface area contributed by atoms with Crippen LogP contribution in [0.15, 0.2) is 18.2 Å². The van der Waals surface area contributed by atoms with Gasteiger partial charge in [-0.25, -0.2) is 0 Å². The second-order valence-corrected chi connectivity index (χ2v) is 6.01. The molecule has 1 aromatic carbocycles. The van der Waals surface area contributed by atoms with Gasteiger partial charge in [-0.1, -0.05) is 26.0 Å². The average Bonchev–Trinajstić information content (AvgIpc) is 2.25. The molecule has 0 saturated carbocycles. The highest BCUT2D eigenvalue weighted by Gasteiger charge is 2.32. The van der Waals surface area contributed by atoms with Crippen molar-refractivity contribution in [3.8, 4) is 0 Å². The standard InChI is InChI=1S/C15H22N2O/c1-10(2)12-7-6-8-13-14(12)16-15(4,5)9-17(13)11(3)18/h6-8,10,16H,9H2,1-5H3. The number of para-hydroxylation sites is 1. The number of nitrogens with one attached hydrogen (secondary N) is 1. The first-order valence-electron chi connectivity index (χ1n) is 6.51. The zero-order chi connectivity index (χ0) is 13.5. The van der Waals surface area contributed by atoms with Crippen LogP contribution in [-0.4, -0.2) is 18.0 Å². The summed E-state index contributed by atoms with van der Waals surface area (Å²) in [5, 5.41) is 3.58. The molecule has 1 N–H and O–H groups in total. The van der Waals surface area contributed by atoms with E-state index in [1.54, 1.807) is 6.92 Å². The summed E-state index contributed by atoms with van der Waals surface area (Å²) in [5.41, 5.74) is 3.29. The van der Waals surface area contributed by atoms with Crippen LogP contribution in [0.25, 0.3) is 0 Å². The van der Waals surface area contributed by atoms with Crippen molar-refractivity contribution < 1.29 is 4.79 Å². The van der Waals surface area contributed by atoms with Crippen LogP contribution < -0.4 is 10.2 Å². The van der Waals surface area contributed by atoms with Gasteiger partial charge in [0, 0.05) is 19.0 Å². The van der Waals surface area contributed by atoms with Crippen LogP contribution in [0.3, 0.4) is 0 Å². The molecule has 0 aromatic heterocycles. The molecule has 0 bridgehead atoms. The van der Waals surface area contributed by atoms with Gasteiger partial charge in [-0.3, -0.25) is 4.79 Å². The maximum absolute atomic E-state index is 11.8. The summed E-state index contributed by atoms with van der Waals surface area (Å²) in [5.74, 6) is 0.543. The molecule has 0 saturated heterocycles. The van der Waals surface area contributed by atoms with Crippen molar-refractivity contribution in [3.05, 3.63) is 23.8 Å². The largest absolute Gasteiger partial charge is 0.376 e. The van der Waals surface area contributed by atoms with E-state index in [-0.39, 0.29) is 11.4 Å². The number of amides is 1. The van der Waals surface area contributed by atoms with Crippen LogP contribution in [0.1, 0.15) is 46.1 Å². The summed E-state index contributed by atoms with van der Waals surface area (Å²) in [7, 11) is 0. The number of hydrogen-bond acceptors (Lipinski definition) is 2. The molecule has 2 rings (SSSR count). The van der Waals surface area contributed by atoms with Gasteiger partial charge in [0.05, 0.1) is 11.4 Å². The van der Waals surface area contributed by atoms with Gasteiger partial charge in [-0.05, 0) is 31.4 Å². The van der Waals surface area contributed by atoms with E-state index in [0.717, 1.165) is 11.4 Å². The van der Waals surface area contributed by atoms with E-state index >= 15 is 0 Å². The Morgan fingerprint density at radius 3 is 2.61 bits per heavy atom. The van der Waals surface area contributed by atoms with Gasteiger partial charge >= 0.3 is 0 Å². The van der Waals surface area contributed by atoms with Crippen LogP contribution in [0.5, 0.6) is 0 Å². The molecule has 1 heterocycles. The Kier molecular flexibility index (Phi) is 3.09. The Hall–Kier alpha value is -1.51. The van der Waals surface area contributed by atoms with Crippen molar-refractivity contribution in [2.24, 2.45) is 0 Å². The molecule has 0 atom stereocenters. The molecule has 3 nitrogen and oxygen atoms in total. The van der Waals surface area contributed by atoms with Gasteiger partial charge in [-0.2, -0.15) is 0 Å². The Labute approximate surface area is 109 Å². The highest BCUT2D eigenvalue weighted by molar-refractivity contribution is 5.97. The molecule has 1 aliphatic heterocycles. The quantitative estimate of drug-likeness (QED) is 0.824. The zero-order valence-electron chi connectivity index (χ0n) is 11.9. The van der Waals surface area contributed by atoms with Crippen molar-refractivity contribution in [3.63, 3.8) is 0 Å². The molecular weight excluding hydrogens is 224 g/mol. The molecule has 0 radical (unpaired) electrons. The molecule has 0 spiro atoms. The van der Waals surface area contributed by atoms with Gasteiger partial charge in [0.2, 0.25) is 5.91 Å². The number of nitrogens with zero attached hydrogens (tertiary/aromatic N) is 1. The lowest BCUT2D eigenvalue weighted by molar-refractivity contribution is -0.116. The molecule has 98 valence electrons. The smallest absolute Gasteiger partial charge is 0.224 e. The highest BCUT2D eigenvalue weighted by atomic mass is 16.2. The van der Waals surface area contributed by atoms with E-state index in [0.29, 0.717) is 12.5 Å². The van der Waals surface area contributed by atoms with E-state index in [1.807, 2.05) is 17.0 Å². The Morgan fingerprint density at radius 2 is 2.06 bits per heavy atom. The van der Waals surface area contributed by atoms with Gasteiger partial charge in [0.15, 0.2) is 0 Å². The molecule has 0 unspecified atom stereocenters. The minimum absolute atomic E-state index is 0.0936. The fraction of sp³-hybridized carbons (Fsp3) is 0.533. The fourth-order valence-electron chi connectivity index (χ4n) is 2.54. The highest BCUT2D eigenvalue weighted by Crippen LogP contribution is 2.39. The summed E-state index contributed by atoms with van der Waals surface area (Å²) in [6.07, 6.45) is 0. The Bertz CT molecular complexity index is 477. The normalized spacial score (nSPS) is 17.3. The molecule has 0 fully saturated rings. The third-order valence-corrected chi connectivity index (χ3v) is 3.38. The van der Waals surface area contributed by atoms with Crippen LogP contribution >= 0.6 is 0 Å². The number of hydrogen-bond donors (Lipinski definition) is 1. The van der Waals surface area contributed by atoms with Crippen LogP contribution in [0.4, 0.5) is 11.4 Å². The monoisotopic (exact) mass is 246 g/mol. The summed E-state index contributed by atoms with van der Waals surface area (Å²) in [6.45, 7) is 10.9. The number of anilines is 2. The lowest BCUT2D eigenvalue weighted by Crippen LogP contribution is -2.50. The average molecular weight is 246 g/mol. The predicted molar refractivity (Wildman–Crippen MR) is 76.3 cm³/mol. The third kappa shape index (κ3) is 2.22. The minimum atomic E-state index is -0.0936. The van der Waals surface area contributed by atoms with E-state index < -0.39 is 0 Å². The van der Waals surface area contributed by atoms with E-state index in [9.17, 15) is 4.79 Å². The first-order valence-corrected chi connectivity index (χ1v) is 6.51. The number of carbonyl (C=O) groups excluding carboxylic acids is 1. The van der Waals surface area contributed by atoms with E-state index in [1.165, 1.54) is 5.56 Å². The van der Waals surface area contributed by atoms with E-state index in [2.05, 4.69) is 39.1 Å². The molecule has 0 aliphatic carbocycles. The minimum Gasteiger partial charge on any atom is -0.376 e. The lowest BCUT2D eigenvalue weighted by Gasteiger charge is -2.41. The fourth-order valence-corrected chi connectivity index (χ4v) is 2.54. The van der Waals surface area contributed by atoms with Gasteiger partial charge in [0.1, 0.15) is 0 Å². The van der Waals surface area contributed by atoms with Crippen LogP contribution in [0, 0.1) is 0 Å². The van der Waals surface area contributed by atoms with E-state index in [4.69, 9.17) is 0 Å². The van der Waals surface area contributed by atoms with Crippen molar-refractivity contribution in [2.75, 3.05) is 16.8 Å². The first-order chi connectivity index (χ1) is 8.32. The van der Waals surface area contributed by atoms with Crippen LogP contribution in [-0.2, 0) is 4.79 Å².